The SMILES string of the molecule is O=C(N[C@H]1CC[C@H](CN2C(=O)Cc3cc(Cl)ccc32)CC1)c1cc(C(F)(F)F)ccc1Cl. The van der Waals surface area contributed by atoms with Crippen LogP contribution in [0.25, 0.3) is 0 Å². The number of amides is 2. The number of carbonyl (C=O) groups is 2. The summed E-state index contributed by atoms with van der Waals surface area (Å²) >= 11 is 12.0. The van der Waals surface area contributed by atoms with Crippen molar-refractivity contribution >= 4 is 40.7 Å². The molecule has 1 saturated carbocycles. The summed E-state index contributed by atoms with van der Waals surface area (Å²) < 4.78 is 38.9. The zero-order valence-electron chi connectivity index (χ0n) is 17.0. The van der Waals surface area contributed by atoms with Crippen LogP contribution < -0.4 is 10.2 Å². The van der Waals surface area contributed by atoms with Gasteiger partial charge < -0.3 is 10.2 Å². The number of nitrogens with zero attached hydrogens (tertiary/aromatic N) is 1. The third-order valence-electron chi connectivity index (χ3n) is 6.14. The second kappa shape index (κ2) is 8.94. The van der Waals surface area contributed by atoms with Gasteiger partial charge in [-0.25, -0.2) is 0 Å². The Bertz CT molecular complexity index is 1050. The molecule has 1 N–H and O–H groups in total. The number of rotatable bonds is 4. The maximum Gasteiger partial charge on any atom is 0.416 e. The topological polar surface area (TPSA) is 49.4 Å². The van der Waals surface area contributed by atoms with Crippen LogP contribution in [0.3, 0.4) is 0 Å². The Labute approximate surface area is 193 Å². The van der Waals surface area contributed by atoms with Gasteiger partial charge >= 0.3 is 6.18 Å². The Morgan fingerprint density at radius 3 is 2.47 bits per heavy atom. The smallest absolute Gasteiger partial charge is 0.349 e. The van der Waals surface area contributed by atoms with Crippen LogP contribution in [0.2, 0.25) is 10.0 Å². The molecule has 2 aromatic carbocycles. The molecule has 1 aliphatic heterocycles. The van der Waals surface area contributed by atoms with E-state index in [1.54, 1.807) is 11.0 Å². The number of hydrogen-bond donors (Lipinski definition) is 1. The molecule has 1 heterocycles. The monoisotopic (exact) mass is 484 g/mol. The summed E-state index contributed by atoms with van der Waals surface area (Å²) in [5, 5.41) is 3.40. The fourth-order valence-corrected chi connectivity index (χ4v) is 4.84. The molecule has 2 aliphatic rings. The first-order valence-corrected chi connectivity index (χ1v) is 11.1. The molecule has 4 rings (SSSR count). The lowest BCUT2D eigenvalue weighted by molar-refractivity contribution is -0.137. The molecule has 0 unspecified atom stereocenters. The van der Waals surface area contributed by atoms with Crippen LogP contribution in [0, 0.1) is 5.92 Å². The summed E-state index contributed by atoms with van der Waals surface area (Å²) in [6, 6.07) is 8.05. The molecule has 2 aromatic rings. The van der Waals surface area contributed by atoms with Gasteiger partial charge in [-0.15, -0.1) is 0 Å². The molecule has 0 radical (unpaired) electrons. The number of fused-ring (bicyclic) bond motifs is 1. The maximum atomic E-state index is 13.0. The van der Waals surface area contributed by atoms with Gasteiger partial charge in [-0.2, -0.15) is 13.2 Å². The fraction of sp³-hybridized carbons (Fsp3) is 0.391. The summed E-state index contributed by atoms with van der Waals surface area (Å²) in [5.74, 6) is -0.271. The second-order valence-corrected chi connectivity index (χ2v) is 9.18. The fourth-order valence-electron chi connectivity index (χ4n) is 4.44. The van der Waals surface area contributed by atoms with E-state index in [0.717, 1.165) is 42.3 Å². The Morgan fingerprint density at radius 1 is 1.06 bits per heavy atom. The highest BCUT2D eigenvalue weighted by Crippen LogP contribution is 2.35. The lowest BCUT2D eigenvalue weighted by Crippen LogP contribution is -2.40. The highest BCUT2D eigenvalue weighted by atomic mass is 35.5. The number of carbonyl (C=O) groups excluding carboxylic acids is 2. The average molecular weight is 485 g/mol. The Hall–Kier alpha value is -2.25. The first-order chi connectivity index (χ1) is 15.1. The molecule has 0 saturated heterocycles. The minimum Gasteiger partial charge on any atom is -0.349 e. The third kappa shape index (κ3) is 4.89. The summed E-state index contributed by atoms with van der Waals surface area (Å²) in [4.78, 5) is 26.8. The third-order valence-corrected chi connectivity index (χ3v) is 6.70. The second-order valence-electron chi connectivity index (χ2n) is 8.34. The van der Waals surface area contributed by atoms with E-state index in [4.69, 9.17) is 23.2 Å². The zero-order chi connectivity index (χ0) is 23.0. The molecule has 0 spiro atoms. The van der Waals surface area contributed by atoms with Gasteiger partial charge in [-0.1, -0.05) is 23.2 Å². The first kappa shape index (κ1) is 22.9. The predicted molar refractivity (Wildman–Crippen MR) is 117 cm³/mol. The quantitative estimate of drug-likeness (QED) is 0.587. The van der Waals surface area contributed by atoms with Crippen molar-refractivity contribution in [3.8, 4) is 0 Å². The van der Waals surface area contributed by atoms with Crippen LogP contribution >= 0.6 is 23.2 Å². The number of hydrogen-bond acceptors (Lipinski definition) is 2. The van der Waals surface area contributed by atoms with Crippen molar-refractivity contribution in [1.29, 1.82) is 0 Å². The van der Waals surface area contributed by atoms with E-state index >= 15 is 0 Å². The van der Waals surface area contributed by atoms with Crippen molar-refractivity contribution in [2.45, 2.75) is 44.3 Å². The number of halogens is 5. The van der Waals surface area contributed by atoms with E-state index in [-0.39, 0.29) is 28.5 Å². The molecule has 0 bridgehead atoms. The van der Waals surface area contributed by atoms with Gasteiger partial charge in [0.05, 0.1) is 22.6 Å². The van der Waals surface area contributed by atoms with E-state index in [2.05, 4.69) is 5.32 Å². The number of benzene rings is 2. The van der Waals surface area contributed by atoms with Crippen LogP contribution in [-0.2, 0) is 17.4 Å². The van der Waals surface area contributed by atoms with E-state index in [1.807, 2.05) is 12.1 Å². The van der Waals surface area contributed by atoms with E-state index < -0.39 is 17.6 Å². The van der Waals surface area contributed by atoms with Gasteiger partial charge in [-0.3, -0.25) is 9.59 Å². The Morgan fingerprint density at radius 2 is 1.78 bits per heavy atom. The standard InChI is InChI=1S/C23H21Cl2F3N2O2/c24-16-4-8-20-14(9-16)10-21(31)30(20)12-13-1-5-17(6-2-13)29-22(32)18-11-15(23(26,27)28)3-7-19(18)25/h3-4,7-9,11,13,17H,1-2,5-6,10,12H2,(H,29,32)/t13-,17-. The normalized spacial score (nSPS) is 20.9. The Balaban J connectivity index is 1.34. The molecule has 1 fully saturated rings. The summed E-state index contributed by atoms with van der Waals surface area (Å²) in [7, 11) is 0. The number of alkyl halides is 3. The molecule has 4 nitrogen and oxygen atoms in total. The minimum absolute atomic E-state index is 0.0181. The first-order valence-electron chi connectivity index (χ1n) is 10.4. The average Bonchev–Trinajstić information content (AvgIpc) is 3.03. The number of nitrogens with one attached hydrogen (secondary N) is 1. The van der Waals surface area contributed by atoms with Crippen molar-refractivity contribution in [1.82, 2.24) is 5.32 Å². The van der Waals surface area contributed by atoms with E-state index in [1.165, 1.54) is 0 Å². The lowest BCUT2D eigenvalue weighted by atomic mass is 9.85. The van der Waals surface area contributed by atoms with Crippen molar-refractivity contribution in [2.75, 3.05) is 11.4 Å². The van der Waals surface area contributed by atoms with Crippen LogP contribution in [0.5, 0.6) is 0 Å². The van der Waals surface area contributed by atoms with Crippen LogP contribution in [-0.4, -0.2) is 24.4 Å². The van der Waals surface area contributed by atoms with Crippen molar-refractivity contribution in [3.05, 3.63) is 63.1 Å². The summed E-state index contributed by atoms with van der Waals surface area (Å²) in [6.07, 6.45) is -1.24. The highest BCUT2D eigenvalue weighted by Gasteiger charge is 2.33. The maximum absolute atomic E-state index is 13.0. The van der Waals surface area contributed by atoms with Crippen molar-refractivity contribution in [3.63, 3.8) is 0 Å². The van der Waals surface area contributed by atoms with E-state index in [0.29, 0.717) is 30.8 Å². The molecular weight excluding hydrogens is 464 g/mol. The molecule has 2 amide bonds. The van der Waals surface area contributed by atoms with Crippen molar-refractivity contribution < 1.29 is 22.8 Å². The van der Waals surface area contributed by atoms with Crippen LogP contribution in [0.1, 0.15) is 47.2 Å². The molecule has 9 heteroatoms. The van der Waals surface area contributed by atoms with Gasteiger partial charge in [0.2, 0.25) is 5.91 Å². The van der Waals surface area contributed by atoms with Crippen LogP contribution in [0.4, 0.5) is 18.9 Å². The van der Waals surface area contributed by atoms with Gasteiger partial charge in [0, 0.05) is 23.3 Å². The lowest BCUT2D eigenvalue weighted by Gasteiger charge is -2.32. The molecule has 0 atom stereocenters. The molecule has 170 valence electrons. The van der Waals surface area contributed by atoms with Crippen LogP contribution in [0.15, 0.2) is 36.4 Å². The molecule has 1 aliphatic carbocycles. The van der Waals surface area contributed by atoms with Gasteiger partial charge in [0.1, 0.15) is 0 Å². The van der Waals surface area contributed by atoms with Gasteiger partial charge in [0.25, 0.3) is 5.91 Å². The highest BCUT2D eigenvalue weighted by molar-refractivity contribution is 6.33. The predicted octanol–water partition coefficient (Wildman–Crippen LogP) is 5.89. The van der Waals surface area contributed by atoms with Gasteiger partial charge in [-0.05, 0) is 73.6 Å². The molecular formula is C23H21Cl2F3N2O2. The summed E-state index contributed by atoms with van der Waals surface area (Å²) in [5.41, 5.74) is 0.740. The zero-order valence-corrected chi connectivity index (χ0v) is 18.5. The van der Waals surface area contributed by atoms with E-state index in [9.17, 15) is 22.8 Å². The van der Waals surface area contributed by atoms with Crippen molar-refractivity contribution in [2.24, 2.45) is 5.92 Å². The molecule has 0 aromatic heterocycles. The number of anilines is 1. The largest absolute Gasteiger partial charge is 0.416 e. The molecule has 32 heavy (non-hydrogen) atoms. The minimum atomic E-state index is -4.55. The Kier molecular flexibility index (Phi) is 6.41. The summed E-state index contributed by atoms with van der Waals surface area (Å²) in [6.45, 7) is 0.605. The van der Waals surface area contributed by atoms with Gasteiger partial charge in [0.15, 0.2) is 0 Å².